The maximum Gasteiger partial charge on any atom is 0.309 e. The first-order valence-corrected chi connectivity index (χ1v) is 2.31. The van der Waals surface area contributed by atoms with E-state index in [1.165, 1.54) is 0 Å². The van der Waals surface area contributed by atoms with Crippen LogP contribution in [0.15, 0.2) is 0 Å². The normalized spacial score (nSPS) is 11.0. The van der Waals surface area contributed by atoms with E-state index in [0.717, 1.165) is 6.92 Å². The molecular formula is C5H6F2O2. The molecule has 0 aliphatic heterocycles. The molecule has 0 amide bonds. The molecule has 0 aliphatic carbocycles. The first-order valence-electron chi connectivity index (χ1n) is 2.31. The van der Waals surface area contributed by atoms with Crippen LogP contribution in [0.4, 0.5) is 8.78 Å². The number of alkyl halides is 2. The molecule has 0 radical (unpaired) electrons. The molecule has 4 heteroatoms. The van der Waals surface area contributed by atoms with Gasteiger partial charge in [0.05, 0.1) is 6.42 Å². The lowest BCUT2D eigenvalue weighted by Gasteiger charge is -2.03. The number of aldehydes is 1. The van der Waals surface area contributed by atoms with E-state index >= 15 is 0 Å². The number of carbonyl (C=O) groups is 2. The van der Waals surface area contributed by atoms with Gasteiger partial charge in [-0.05, 0) is 6.92 Å². The van der Waals surface area contributed by atoms with Gasteiger partial charge >= 0.3 is 5.92 Å². The van der Waals surface area contributed by atoms with Gasteiger partial charge in [0.25, 0.3) is 0 Å². The number of hydrogen-bond acceptors (Lipinski definition) is 2. The van der Waals surface area contributed by atoms with Crippen molar-refractivity contribution in [2.24, 2.45) is 0 Å². The van der Waals surface area contributed by atoms with Gasteiger partial charge in [0.1, 0.15) is 5.78 Å². The summed E-state index contributed by atoms with van der Waals surface area (Å²) in [7, 11) is 0. The van der Waals surface area contributed by atoms with E-state index in [2.05, 4.69) is 0 Å². The van der Waals surface area contributed by atoms with Gasteiger partial charge in [0.15, 0.2) is 6.29 Å². The van der Waals surface area contributed by atoms with Crippen molar-refractivity contribution in [1.29, 1.82) is 0 Å². The zero-order chi connectivity index (χ0) is 7.49. The molecule has 0 fully saturated rings. The van der Waals surface area contributed by atoms with Crippen molar-refractivity contribution >= 4 is 12.1 Å². The van der Waals surface area contributed by atoms with Gasteiger partial charge in [0.2, 0.25) is 0 Å². The third-order valence-electron chi connectivity index (χ3n) is 0.657. The van der Waals surface area contributed by atoms with Crippen molar-refractivity contribution in [3.63, 3.8) is 0 Å². The molecule has 0 aromatic heterocycles. The monoisotopic (exact) mass is 136 g/mol. The minimum absolute atomic E-state index is 0.519. The van der Waals surface area contributed by atoms with Crippen molar-refractivity contribution in [3.8, 4) is 0 Å². The highest BCUT2D eigenvalue weighted by Crippen LogP contribution is 2.14. The maximum absolute atomic E-state index is 11.8. The Balaban J connectivity index is 3.86. The summed E-state index contributed by atoms with van der Waals surface area (Å²) < 4.78 is 23.6. The Morgan fingerprint density at radius 3 is 2.22 bits per heavy atom. The lowest BCUT2D eigenvalue weighted by Crippen LogP contribution is -2.20. The van der Waals surface area contributed by atoms with Crippen molar-refractivity contribution in [2.45, 2.75) is 19.3 Å². The minimum atomic E-state index is -3.47. The lowest BCUT2D eigenvalue weighted by atomic mass is 10.2. The molecule has 0 rings (SSSR count). The number of halogens is 2. The van der Waals surface area contributed by atoms with Crippen LogP contribution >= 0.6 is 0 Å². The first-order chi connectivity index (χ1) is 3.98. The average molecular weight is 136 g/mol. The van der Waals surface area contributed by atoms with Crippen LogP contribution in [0.5, 0.6) is 0 Å². The quantitative estimate of drug-likeness (QED) is 0.538. The Morgan fingerprint density at radius 1 is 1.67 bits per heavy atom. The highest BCUT2D eigenvalue weighted by atomic mass is 19.3. The summed E-state index contributed by atoms with van der Waals surface area (Å²) in [5.41, 5.74) is 0. The molecule has 0 saturated heterocycles. The van der Waals surface area contributed by atoms with Gasteiger partial charge in [-0.3, -0.25) is 9.59 Å². The highest BCUT2D eigenvalue weighted by Gasteiger charge is 2.29. The molecule has 0 unspecified atom stereocenters. The second-order valence-electron chi connectivity index (χ2n) is 1.76. The summed E-state index contributed by atoms with van der Waals surface area (Å²) >= 11 is 0. The maximum atomic E-state index is 11.8. The van der Waals surface area contributed by atoms with E-state index in [1.54, 1.807) is 0 Å². The molecule has 0 aromatic rings. The fourth-order valence-electron chi connectivity index (χ4n) is 0.374. The summed E-state index contributed by atoms with van der Waals surface area (Å²) in [5.74, 6) is -4.15. The van der Waals surface area contributed by atoms with E-state index in [9.17, 15) is 18.4 Å². The van der Waals surface area contributed by atoms with Crippen LogP contribution in [-0.2, 0) is 9.59 Å². The van der Waals surface area contributed by atoms with Gasteiger partial charge in [-0.2, -0.15) is 8.78 Å². The van der Waals surface area contributed by atoms with Gasteiger partial charge in [0, 0.05) is 0 Å². The number of rotatable bonds is 3. The summed E-state index contributed by atoms with van der Waals surface area (Å²) in [5, 5.41) is 0. The number of hydrogen-bond donors (Lipinski definition) is 0. The van der Waals surface area contributed by atoms with Crippen LogP contribution in [-0.4, -0.2) is 18.0 Å². The van der Waals surface area contributed by atoms with Crippen LogP contribution < -0.4 is 0 Å². The summed E-state index contributed by atoms with van der Waals surface area (Å²) in [6.07, 6.45) is -1.51. The zero-order valence-electron chi connectivity index (χ0n) is 4.86. The second-order valence-corrected chi connectivity index (χ2v) is 1.76. The van der Waals surface area contributed by atoms with Crippen molar-refractivity contribution in [2.75, 3.05) is 0 Å². The molecule has 0 spiro atoms. The largest absolute Gasteiger partial charge is 0.309 e. The van der Waals surface area contributed by atoms with Gasteiger partial charge in [-0.15, -0.1) is 0 Å². The van der Waals surface area contributed by atoms with E-state index in [1.807, 2.05) is 0 Å². The Kier molecular flexibility index (Phi) is 2.42. The van der Waals surface area contributed by atoms with Gasteiger partial charge < -0.3 is 0 Å². The summed E-state index contributed by atoms with van der Waals surface area (Å²) in [6.45, 7) is 1.01. The van der Waals surface area contributed by atoms with Crippen LogP contribution in [0.1, 0.15) is 13.3 Å². The summed E-state index contributed by atoms with van der Waals surface area (Å²) in [6, 6.07) is 0. The molecule has 2 nitrogen and oxygen atoms in total. The smallest absolute Gasteiger partial charge is 0.300 e. The number of carbonyl (C=O) groups excluding carboxylic acids is 2. The van der Waals surface area contributed by atoms with E-state index in [0.29, 0.717) is 0 Å². The third-order valence-corrected chi connectivity index (χ3v) is 0.657. The van der Waals surface area contributed by atoms with E-state index in [4.69, 9.17) is 0 Å². The minimum Gasteiger partial charge on any atom is -0.300 e. The van der Waals surface area contributed by atoms with Gasteiger partial charge in [-0.1, -0.05) is 0 Å². The van der Waals surface area contributed by atoms with Crippen LogP contribution in [0.2, 0.25) is 0 Å². The SMILES string of the molecule is CC(=O)CC(F)(F)C=O. The molecular weight excluding hydrogens is 130 g/mol. The molecule has 0 aliphatic rings. The Hall–Kier alpha value is -0.800. The highest BCUT2D eigenvalue weighted by molar-refractivity contribution is 5.80. The Morgan fingerprint density at radius 2 is 2.11 bits per heavy atom. The number of ketones is 1. The zero-order valence-corrected chi connectivity index (χ0v) is 4.86. The molecule has 9 heavy (non-hydrogen) atoms. The van der Waals surface area contributed by atoms with E-state index in [-0.39, 0.29) is 0 Å². The first kappa shape index (κ1) is 8.20. The predicted molar refractivity (Wildman–Crippen MR) is 26.3 cm³/mol. The average Bonchev–Trinajstić information content (AvgIpc) is 1.63. The number of Topliss-reactive ketones (excluding diaryl/α,β-unsaturated/α-hetero) is 1. The topological polar surface area (TPSA) is 34.1 Å². The molecule has 0 aromatic carbocycles. The molecule has 0 saturated carbocycles. The lowest BCUT2D eigenvalue weighted by molar-refractivity contribution is -0.137. The molecule has 0 atom stereocenters. The predicted octanol–water partition coefficient (Wildman–Crippen LogP) is 0.800. The van der Waals surface area contributed by atoms with Gasteiger partial charge in [-0.25, -0.2) is 0 Å². The van der Waals surface area contributed by atoms with Crippen molar-refractivity contribution in [1.82, 2.24) is 0 Å². The Bertz CT molecular complexity index is 131. The fraction of sp³-hybridized carbons (Fsp3) is 0.600. The molecule has 0 heterocycles. The summed E-state index contributed by atoms with van der Waals surface area (Å²) in [4.78, 5) is 19.4. The molecule has 52 valence electrons. The van der Waals surface area contributed by atoms with Crippen LogP contribution in [0, 0.1) is 0 Å². The molecule has 0 N–H and O–H groups in total. The van der Waals surface area contributed by atoms with Crippen LogP contribution in [0.25, 0.3) is 0 Å². The fourth-order valence-corrected chi connectivity index (χ4v) is 0.374. The van der Waals surface area contributed by atoms with E-state index < -0.39 is 24.4 Å². The van der Waals surface area contributed by atoms with Crippen molar-refractivity contribution < 1.29 is 18.4 Å². The van der Waals surface area contributed by atoms with Crippen LogP contribution in [0.3, 0.4) is 0 Å². The Labute approximate surface area is 50.9 Å². The molecule has 0 bridgehead atoms. The standard InChI is InChI=1S/C5H6F2O2/c1-4(9)2-5(6,7)3-8/h3H,2H2,1H3. The third kappa shape index (κ3) is 3.76. The van der Waals surface area contributed by atoms with Crippen molar-refractivity contribution in [3.05, 3.63) is 0 Å². The second kappa shape index (κ2) is 2.66.